The van der Waals surface area contributed by atoms with Gasteiger partial charge in [-0.2, -0.15) is 0 Å². The molecule has 1 saturated heterocycles. The molecule has 0 spiro atoms. The first-order valence-corrected chi connectivity index (χ1v) is 12.1. The first-order chi connectivity index (χ1) is 17.0. The number of amides is 4. The molecule has 0 aliphatic carbocycles. The maximum Gasteiger partial charge on any atom is 0.325 e. The van der Waals surface area contributed by atoms with Gasteiger partial charge in [-0.05, 0) is 34.6 Å². The Balaban J connectivity index is 1.56. The minimum atomic E-state index is -1.23. The van der Waals surface area contributed by atoms with Gasteiger partial charge in [-0.15, -0.1) is 0 Å². The average molecular weight is 484 g/mol. The number of hydrogen-bond acceptors (Lipinski definition) is 3. The quantitative estimate of drug-likeness (QED) is 0.502. The second-order valence-corrected chi connectivity index (χ2v) is 10.5. The fraction of sp³-hybridized carbons (Fsp3) is 0.300. The second-order valence-electron chi connectivity index (χ2n) is 10.5. The van der Waals surface area contributed by atoms with Gasteiger partial charge in [-0.25, -0.2) is 4.79 Å². The van der Waals surface area contributed by atoms with Crippen molar-refractivity contribution >= 4 is 17.8 Å². The van der Waals surface area contributed by atoms with Crippen molar-refractivity contribution in [1.29, 1.82) is 0 Å². The SMILES string of the molecule is CN(C(=O)CN1C(=O)N[C@](C)(c2ccc(C(C)(C)C)cc2)C1=O)C(c1ccccc1)c1ccccc1. The van der Waals surface area contributed by atoms with Gasteiger partial charge in [0.1, 0.15) is 12.1 Å². The molecule has 4 rings (SSSR count). The van der Waals surface area contributed by atoms with Crippen molar-refractivity contribution in [1.82, 2.24) is 15.1 Å². The molecule has 0 radical (unpaired) electrons. The van der Waals surface area contributed by atoms with Crippen LogP contribution in [-0.2, 0) is 20.5 Å². The van der Waals surface area contributed by atoms with Gasteiger partial charge in [0.05, 0.1) is 6.04 Å². The maximum absolute atomic E-state index is 13.5. The molecule has 0 aromatic heterocycles. The molecular weight excluding hydrogens is 450 g/mol. The normalized spacial score (nSPS) is 17.9. The van der Waals surface area contributed by atoms with Crippen molar-refractivity contribution in [3.8, 4) is 0 Å². The molecule has 6 heteroatoms. The molecule has 1 atom stereocenters. The zero-order valence-electron chi connectivity index (χ0n) is 21.5. The van der Waals surface area contributed by atoms with Crippen molar-refractivity contribution < 1.29 is 14.4 Å². The third-order valence-corrected chi connectivity index (χ3v) is 6.91. The first-order valence-electron chi connectivity index (χ1n) is 12.1. The Kier molecular flexibility index (Phi) is 6.72. The Morgan fingerprint density at radius 1 is 0.889 bits per heavy atom. The van der Waals surface area contributed by atoms with Crippen molar-refractivity contribution in [3.05, 3.63) is 107 Å². The first kappa shape index (κ1) is 25.2. The van der Waals surface area contributed by atoms with Crippen LogP contribution >= 0.6 is 0 Å². The molecule has 3 aromatic rings. The molecule has 1 fully saturated rings. The summed E-state index contributed by atoms with van der Waals surface area (Å²) in [6, 6.07) is 26.2. The van der Waals surface area contributed by atoms with Gasteiger partial charge in [0.15, 0.2) is 0 Å². The minimum absolute atomic E-state index is 0.0283. The number of urea groups is 1. The third kappa shape index (κ3) is 4.76. The molecule has 1 heterocycles. The number of rotatable bonds is 6. The number of likely N-dealkylation sites (N-methyl/N-ethyl adjacent to an activating group) is 1. The summed E-state index contributed by atoms with van der Waals surface area (Å²) in [6.07, 6.45) is 0. The van der Waals surface area contributed by atoms with Crippen LogP contribution in [-0.4, -0.2) is 41.2 Å². The predicted molar refractivity (Wildman–Crippen MR) is 140 cm³/mol. The van der Waals surface area contributed by atoms with Crippen LogP contribution in [0.25, 0.3) is 0 Å². The highest BCUT2D eigenvalue weighted by Gasteiger charge is 2.49. The van der Waals surface area contributed by atoms with E-state index >= 15 is 0 Å². The largest absolute Gasteiger partial charge is 0.333 e. The van der Waals surface area contributed by atoms with E-state index < -0.39 is 17.5 Å². The fourth-order valence-corrected chi connectivity index (χ4v) is 4.64. The van der Waals surface area contributed by atoms with Crippen molar-refractivity contribution in [2.24, 2.45) is 0 Å². The van der Waals surface area contributed by atoms with Crippen LogP contribution in [0.15, 0.2) is 84.9 Å². The van der Waals surface area contributed by atoms with Crippen LogP contribution < -0.4 is 5.32 Å². The highest BCUT2D eigenvalue weighted by atomic mass is 16.2. The van der Waals surface area contributed by atoms with E-state index in [1.807, 2.05) is 84.9 Å². The van der Waals surface area contributed by atoms with Crippen molar-refractivity contribution in [2.75, 3.05) is 13.6 Å². The van der Waals surface area contributed by atoms with Gasteiger partial charge in [-0.1, -0.05) is 106 Å². The Bertz CT molecular complexity index is 1210. The van der Waals surface area contributed by atoms with E-state index in [0.717, 1.165) is 21.6 Å². The van der Waals surface area contributed by atoms with Crippen LogP contribution in [0.5, 0.6) is 0 Å². The number of carbonyl (C=O) groups is 3. The summed E-state index contributed by atoms with van der Waals surface area (Å²) in [5, 5.41) is 2.81. The lowest BCUT2D eigenvalue weighted by molar-refractivity contribution is -0.139. The summed E-state index contributed by atoms with van der Waals surface area (Å²) in [5.74, 6) is -0.766. The number of nitrogens with zero attached hydrogens (tertiary/aromatic N) is 2. The van der Waals surface area contributed by atoms with Crippen LogP contribution in [0, 0.1) is 0 Å². The Morgan fingerprint density at radius 3 is 1.86 bits per heavy atom. The molecule has 1 aliphatic heterocycles. The summed E-state index contributed by atoms with van der Waals surface area (Å²) in [4.78, 5) is 42.4. The summed E-state index contributed by atoms with van der Waals surface area (Å²) >= 11 is 0. The van der Waals surface area contributed by atoms with E-state index in [4.69, 9.17) is 0 Å². The van der Waals surface area contributed by atoms with Crippen LogP contribution in [0.2, 0.25) is 0 Å². The van der Waals surface area contributed by atoms with E-state index in [9.17, 15) is 14.4 Å². The van der Waals surface area contributed by atoms with Crippen LogP contribution in [0.4, 0.5) is 4.79 Å². The lowest BCUT2D eigenvalue weighted by Crippen LogP contribution is -2.44. The number of benzene rings is 3. The molecule has 0 unspecified atom stereocenters. The van der Waals surface area contributed by atoms with E-state index in [1.165, 1.54) is 0 Å². The average Bonchev–Trinajstić information content (AvgIpc) is 3.08. The summed E-state index contributed by atoms with van der Waals surface area (Å²) in [7, 11) is 1.70. The van der Waals surface area contributed by atoms with Gasteiger partial charge >= 0.3 is 6.03 Å². The van der Waals surface area contributed by atoms with E-state index in [0.29, 0.717) is 5.56 Å². The highest BCUT2D eigenvalue weighted by molar-refractivity contribution is 6.09. The minimum Gasteiger partial charge on any atom is -0.333 e. The standard InChI is InChI=1S/C30H33N3O3/c1-29(2,3)23-16-18-24(19-17-23)30(4)27(35)33(28(36)31-30)20-25(34)32(5)26(21-12-8-6-9-13-21)22-14-10-7-11-15-22/h6-19,26H,20H2,1-5H3,(H,31,36)/t30-/m1/s1. The summed E-state index contributed by atoms with van der Waals surface area (Å²) in [5.41, 5.74) is 2.45. The molecule has 1 N–H and O–H groups in total. The van der Waals surface area contributed by atoms with Crippen molar-refractivity contribution in [3.63, 3.8) is 0 Å². The van der Waals surface area contributed by atoms with Gasteiger partial charge in [0.2, 0.25) is 5.91 Å². The van der Waals surface area contributed by atoms with Crippen LogP contribution in [0.3, 0.4) is 0 Å². The molecule has 4 amide bonds. The summed E-state index contributed by atoms with van der Waals surface area (Å²) in [6.45, 7) is 7.70. The fourth-order valence-electron chi connectivity index (χ4n) is 4.64. The molecule has 36 heavy (non-hydrogen) atoms. The second kappa shape index (κ2) is 9.61. The Morgan fingerprint density at radius 2 is 1.39 bits per heavy atom. The van der Waals surface area contributed by atoms with Gasteiger partial charge in [0.25, 0.3) is 5.91 Å². The molecule has 186 valence electrons. The molecule has 3 aromatic carbocycles. The smallest absolute Gasteiger partial charge is 0.325 e. The molecule has 0 saturated carbocycles. The van der Waals surface area contributed by atoms with Gasteiger partial charge in [0, 0.05) is 7.05 Å². The molecule has 1 aliphatic rings. The maximum atomic E-state index is 13.5. The van der Waals surface area contributed by atoms with Gasteiger partial charge in [-0.3, -0.25) is 14.5 Å². The zero-order chi connectivity index (χ0) is 26.1. The van der Waals surface area contributed by atoms with Gasteiger partial charge < -0.3 is 10.2 Å². The van der Waals surface area contributed by atoms with E-state index in [-0.39, 0.29) is 23.9 Å². The van der Waals surface area contributed by atoms with Crippen LogP contribution in [0.1, 0.15) is 56.0 Å². The third-order valence-electron chi connectivity index (χ3n) is 6.91. The molecule has 0 bridgehead atoms. The number of carbonyl (C=O) groups excluding carboxylic acids is 3. The zero-order valence-corrected chi connectivity index (χ0v) is 21.5. The Hall–Kier alpha value is -3.93. The number of imide groups is 1. The number of hydrogen-bond donors (Lipinski definition) is 1. The molecule has 6 nitrogen and oxygen atoms in total. The topological polar surface area (TPSA) is 69.7 Å². The number of nitrogens with one attached hydrogen (secondary N) is 1. The highest BCUT2D eigenvalue weighted by Crippen LogP contribution is 2.32. The van der Waals surface area contributed by atoms with E-state index in [1.54, 1.807) is 18.9 Å². The molecular formula is C30H33N3O3. The lowest BCUT2D eigenvalue weighted by atomic mass is 9.84. The lowest BCUT2D eigenvalue weighted by Gasteiger charge is -2.30. The monoisotopic (exact) mass is 483 g/mol. The Labute approximate surface area is 212 Å². The predicted octanol–water partition coefficient (Wildman–Crippen LogP) is 5.00. The summed E-state index contributed by atoms with van der Waals surface area (Å²) < 4.78 is 0. The van der Waals surface area contributed by atoms with Crippen molar-refractivity contribution in [2.45, 2.75) is 44.7 Å². The van der Waals surface area contributed by atoms with E-state index in [2.05, 4.69) is 26.1 Å².